The first-order valence-corrected chi connectivity index (χ1v) is 8.01. The number of carboxylic acids is 1. The number of nitrogens with zero attached hydrogens (tertiary/aromatic N) is 3. The Labute approximate surface area is 114 Å². The summed E-state index contributed by atoms with van der Waals surface area (Å²) in [6.45, 7) is 0.841. The van der Waals surface area contributed by atoms with Gasteiger partial charge >= 0.3 is 5.97 Å². The molecule has 0 bridgehead atoms. The maximum absolute atomic E-state index is 10.9. The van der Waals surface area contributed by atoms with Gasteiger partial charge in [0.1, 0.15) is 17.2 Å². The van der Waals surface area contributed by atoms with Gasteiger partial charge in [-0.05, 0) is 6.26 Å². The summed E-state index contributed by atoms with van der Waals surface area (Å²) < 4.78 is 0. The van der Waals surface area contributed by atoms with Gasteiger partial charge in [0, 0.05) is 30.2 Å². The molecular formula is C11H15N3O2S2. The van der Waals surface area contributed by atoms with Gasteiger partial charge in [-0.25, -0.2) is 9.97 Å². The molecule has 0 amide bonds. The molecule has 0 aliphatic carbocycles. The lowest BCUT2D eigenvalue weighted by atomic mass is 10.2. The van der Waals surface area contributed by atoms with Crippen molar-refractivity contribution in [2.75, 3.05) is 29.2 Å². The quantitative estimate of drug-likeness (QED) is 0.665. The van der Waals surface area contributed by atoms with E-state index in [1.807, 2.05) is 12.3 Å². The highest BCUT2D eigenvalue weighted by molar-refractivity contribution is 7.99. The van der Waals surface area contributed by atoms with E-state index in [2.05, 4.69) is 14.9 Å². The molecule has 0 radical (unpaired) electrons. The number of carbonyl (C=O) groups is 1. The fraction of sp³-hybridized carbons (Fsp3) is 0.545. The average Bonchev–Trinajstić information content (AvgIpc) is 2.39. The van der Waals surface area contributed by atoms with Crippen LogP contribution in [0.15, 0.2) is 17.4 Å². The Morgan fingerprint density at radius 1 is 1.67 bits per heavy atom. The van der Waals surface area contributed by atoms with E-state index >= 15 is 0 Å². The molecule has 1 atom stereocenters. The number of hydrogen-bond donors (Lipinski definition) is 1. The summed E-state index contributed by atoms with van der Waals surface area (Å²) in [5.74, 6) is 1.92. The molecule has 0 saturated carbocycles. The third-order valence-electron chi connectivity index (χ3n) is 2.77. The van der Waals surface area contributed by atoms with Gasteiger partial charge in [0.2, 0.25) is 0 Å². The topological polar surface area (TPSA) is 66.3 Å². The minimum absolute atomic E-state index is 0.0193. The van der Waals surface area contributed by atoms with Crippen LogP contribution in [-0.2, 0) is 4.79 Å². The fourth-order valence-electron chi connectivity index (χ4n) is 1.93. The number of thioether (sulfide) groups is 2. The van der Waals surface area contributed by atoms with Gasteiger partial charge in [-0.2, -0.15) is 11.8 Å². The van der Waals surface area contributed by atoms with Crippen LogP contribution in [-0.4, -0.2) is 51.4 Å². The predicted molar refractivity (Wildman–Crippen MR) is 74.5 cm³/mol. The first-order chi connectivity index (χ1) is 8.70. The minimum atomic E-state index is -0.758. The smallest absolute Gasteiger partial charge is 0.305 e. The number of rotatable bonds is 4. The Hall–Kier alpha value is -0.950. The second-order valence-electron chi connectivity index (χ2n) is 3.94. The molecule has 1 aromatic rings. The Balaban J connectivity index is 2.19. The van der Waals surface area contributed by atoms with Crippen molar-refractivity contribution in [3.63, 3.8) is 0 Å². The predicted octanol–water partition coefficient (Wildman–Crippen LogP) is 1.59. The molecule has 2 rings (SSSR count). The number of carboxylic acid groups (broad SMARTS) is 1. The first kappa shape index (κ1) is 13.5. The molecule has 1 aliphatic heterocycles. The van der Waals surface area contributed by atoms with Gasteiger partial charge in [-0.15, -0.1) is 11.8 Å². The largest absolute Gasteiger partial charge is 0.481 e. The van der Waals surface area contributed by atoms with Crippen LogP contribution in [0.3, 0.4) is 0 Å². The second-order valence-corrected chi connectivity index (χ2v) is 5.91. The van der Waals surface area contributed by atoms with Crippen LogP contribution in [0.2, 0.25) is 0 Å². The molecule has 18 heavy (non-hydrogen) atoms. The van der Waals surface area contributed by atoms with Crippen LogP contribution >= 0.6 is 23.5 Å². The molecule has 1 fully saturated rings. The standard InChI is InChI=1S/C11H15N3O2S2/c1-17-10-5-9(12-7-13-10)14-2-3-18-6-8(14)4-11(15)16/h5,7-8H,2-4,6H2,1H3,(H,15,16). The highest BCUT2D eigenvalue weighted by Crippen LogP contribution is 2.25. The zero-order valence-corrected chi connectivity index (χ0v) is 11.7. The van der Waals surface area contributed by atoms with Crippen LogP contribution < -0.4 is 4.90 Å². The summed E-state index contributed by atoms with van der Waals surface area (Å²) in [5.41, 5.74) is 0. The summed E-state index contributed by atoms with van der Waals surface area (Å²) in [4.78, 5) is 21.4. The van der Waals surface area contributed by atoms with E-state index in [0.29, 0.717) is 0 Å². The van der Waals surface area contributed by atoms with E-state index in [1.54, 1.807) is 29.9 Å². The van der Waals surface area contributed by atoms with Gasteiger partial charge in [0.15, 0.2) is 0 Å². The van der Waals surface area contributed by atoms with E-state index in [1.165, 1.54) is 0 Å². The SMILES string of the molecule is CSc1cc(N2CCSCC2CC(=O)O)ncn1. The third kappa shape index (κ3) is 3.29. The van der Waals surface area contributed by atoms with Crippen LogP contribution in [0.1, 0.15) is 6.42 Å². The summed E-state index contributed by atoms with van der Waals surface area (Å²) in [7, 11) is 0. The molecule has 0 aromatic carbocycles. The molecule has 1 aromatic heterocycles. The van der Waals surface area contributed by atoms with E-state index in [-0.39, 0.29) is 12.5 Å². The number of aromatic nitrogens is 2. The van der Waals surface area contributed by atoms with Gasteiger partial charge in [-0.3, -0.25) is 4.79 Å². The molecule has 1 aliphatic rings. The maximum Gasteiger partial charge on any atom is 0.305 e. The van der Waals surface area contributed by atoms with Crippen molar-refractivity contribution in [3.05, 3.63) is 12.4 Å². The molecular weight excluding hydrogens is 270 g/mol. The Kier molecular flexibility index (Phi) is 4.71. The van der Waals surface area contributed by atoms with Crippen molar-refractivity contribution in [1.82, 2.24) is 9.97 Å². The van der Waals surface area contributed by atoms with Gasteiger partial charge in [-0.1, -0.05) is 0 Å². The van der Waals surface area contributed by atoms with E-state index in [0.717, 1.165) is 28.9 Å². The molecule has 1 saturated heterocycles. The summed E-state index contributed by atoms with van der Waals surface area (Å²) in [6.07, 6.45) is 3.67. The van der Waals surface area contributed by atoms with Crippen molar-refractivity contribution in [1.29, 1.82) is 0 Å². The first-order valence-electron chi connectivity index (χ1n) is 5.63. The molecule has 1 N–H and O–H groups in total. The highest BCUT2D eigenvalue weighted by Gasteiger charge is 2.26. The lowest BCUT2D eigenvalue weighted by Gasteiger charge is -2.35. The average molecular weight is 285 g/mol. The summed E-state index contributed by atoms with van der Waals surface area (Å²) in [6, 6.07) is 1.95. The van der Waals surface area contributed by atoms with E-state index in [9.17, 15) is 4.79 Å². The lowest BCUT2D eigenvalue weighted by Crippen LogP contribution is -2.44. The van der Waals surface area contributed by atoms with Crippen LogP contribution in [0.4, 0.5) is 5.82 Å². The van der Waals surface area contributed by atoms with Crippen molar-refractivity contribution in [2.24, 2.45) is 0 Å². The molecule has 0 spiro atoms. The Morgan fingerprint density at radius 2 is 2.50 bits per heavy atom. The lowest BCUT2D eigenvalue weighted by molar-refractivity contribution is -0.137. The minimum Gasteiger partial charge on any atom is -0.481 e. The normalized spacial score (nSPS) is 19.8. The van der Waals surface area contributed by atoms with Crippen molar-refractivity contribution in [3.8, 4) is 0 Å². The van der Waals surface area contributed by atoms with Crippen molar-refractivity contribution < 1.29 is 9.90 Å². The van der Waals surface area contributed by atoms with Crippen LogP contribution in [0.5, 0.6) is 0 Å². The number of anilines is 1. The second kappa shape index (κ2) is 6.29. The highest BCUT2D eigenvalue weighted by atomic mass is 32.2. The maximum atomic E-state index is 10.9. The fourth-order valence-corrected chi connectivity index (χ4v) is 3.36. The van der Waals surface area contributed by atoms with Crippen LogP contribution in [0.25, 0.3) is 0 Å². The van der Waals surface area contributed by atoms with Crippen molar-refractivity contribution >= 4 is 35.3 Å². The van der Waals surface area contributed by atoms with Gasteiger partial charge in [0.25, 0.3) is 0 Å². The van der Waals surface area contributed by atoms with Crippen molar-refractivity contribution in [2.45, 2.75) is 17.5 Å². The number of aliphatic carboxylic acids is 1. The van der Waals surface area contributed by atoms with Gasteiger partial charge < -0.3 is 10.0 Å². The molecule has 2 heterocycles. The zero-order chi connectivity index (χ0) is 13.0. The molecule has 98 valence electrons. The van der Waals surface area contributed by atoms with Crippen LogP contribution in [0, 0.1) is 0 Å². The van der Waals surface area contributed by atoms with E-state index < -0.39 is 5.97 Å². The molecule has 7 heteroatoms. The summed E-state index contributed by atoms with van der Waals surface area (Å²) in [5, 5.41) is 9.87. The van der Waals surface area contributed by atoms with E-state index in [4.69, 9.17) is 5.11 Å². The Bertz CT molecular complexity index is 431. The Morgan fingerprint density at radius 3 is 3.22 bits per heavy atom. The number of hydrogen-bond acceptors (Lipinski definition) is 6. The monoisotopic (exact) mass is 285 g/mol. The molecule has 5 nitrogen and oxygen atoms in total. The third-order valence-corrected chi connectivity index (χ3v) is 4.50. The zero-order valence-electron chi connectivity index (χ0n) is 10.1. The molecule has 1 unspecified atom stereocenters. The van der Waals surface area contributed by atoms with Gasteiger partial charge in [0.05, 0.1) is 6.42 Å². The summed E-state index contributed by atoms with van der Waals surface area (Å²) >= 11 is 3.36.